The van der Waals surface area contributed by atoms with E-state index < -0.39 is 5.97 Å². The number of nitrogens with zero attached hydrogens (tertiary/aromatic N) is 3. The van der Waals surface area contributed by atoms with Gasteiger partial charge in [0.25, 0.3) is 0 Å². The van der Waals surface area contributed by atoms with Crippen molar-refractivity contribution in [1.29, 1.82) is 0 Å². The highest BCUT2D eigenvalue weighted by Gasteiger charge is 2.23. The van der Waals surface area contributed by atoms with Crippen molar-refractivity contribution in [1.82, 2.24) is 14.7 Å². The van der Waals surface area contributed by atoms with Gasteiger partial charge in [-0.2, -0.15) is 0 Å². The number of urea groups is 1. The summed E-state index contributed by atoms with van der Waals surface area (Å²) in [6, 6.07) is -0.315. The van der Waals surface area contributed by atoms with Gasteiger partial charge >= 0.3 is 12.0 Å². The number of carboxylic acid groups (broad SMARTS) is 1. The maximum atomic E-state index is 12.3. The summed E-state index contributed by atoms with van der Waals surface area (Å²) in [4.78, 5) is 28.3. The molecule has 0 heterocycles. The molecule has 0 aliphatic heterocycles. The number of carbonyl (C=O) groups is 2. The summed E-state index contributed by atoms with van der Waals surface area (Å²) in [5, 5.41) is 8.87. The topological polar surface area (TPSA) is 64.1 Å². The van der Waals surface area contributed by atoms with E-state index in [4.69, 9.17) is 5.11 Å². The molecule has 6 nitrogen and oxygen atoms in total. The lowest BCUT2D eigenvalue weighted by molar-refractivity contribution is -0.138. The molecule has 2 amide bonds. The van der Waals surface area contributed by atoms with E-state index in [1.54, 1.807) is 4.90 Å². The number of carboxylic acids is 1. The number of aliphatic carboxylic acids is 1. The van der Waals surface area contributed by atoms with Crippen molar-refractivity contribution in [3.63, 3.8) is 0 Å². The summed E-state index contributed by atoms with van der Waals surface area (Å²) in [5.41, 5.74) is 0. The van der Waals surface area contributed by atoms with E-state index in [9.17, 15) is 9.59 Å². The third kappa shape index (κ3) is 7.00. The summed E-state index contributed by atoms with van der Waals surface area (Å²) in [7, 11) is 3.98. The van der Waals surface area contributed by atoms with Gasteiger partial charge in [-0.25, -0.2) is 4.79 Å². The molecule has 112 valence electrons. The van der Waals surface area contributed by atoms with Crippen molar-refractivity contribution in [3.05, 3.63) is 0 Å². The second-order valence-corrected chi connectivity index (χ2v) is 5.13. The van der Waals surface area contributed by atoms with Crippen molar-refractivity contribution >= 4 is 12.0 Å². The molecule has 0 atom stereocenters. The molecule has 0 aliphatic carbocycles. The molecule has 0 unspecified atom stereocenters. The first-order valence-corrected chi connectivity index (χ1v) is 6.71. The molecule has 0 fully saturated rings. The zero-order valence-electron chi connectivity index (χ0n) is 12.7. The summed E-state index contributed by atoms with van der Waals surface area (Å²) in [6.07, 6.45) is 0.881. The monoisotopic (exact) mass is 273 g/mol. The van der Waals surface area contributed by atoms with E-state index in [0.29, 0.717) is 13.1 Å². The molecule has 1 N–H and O–H groups in total. The van der Waals surface area contributed by atoms with Gasteiger partial charge in [-0.15, -0.1) is 0 Å². The number of amides is 2. The first-order chi connectivity index (χ1) is 8.79. The van der Waals surface area contributed by atoms with Crippen LogP contribution in [0.1, 0.15) is 27.2 Å². The Kier molecular flexibility index (Phi) is 8.14. The smallest absolute Gasteiger partial charge is 0.323 e. The van der Waals surface area contributed by atoms with Crippen LogP contribution in [0.5, 0.6) is 0 Å². The molecule has 0 saturated carbocycles. The van der Waals surface area contributed by atoms with Crippen LogP contribution in [0, 0.1) is 0 Å². The first kappa shape index (κ1) is 17.7. The molecule has 0 rings (SSSR count). The molecule has 0 saturated heterocycles. The van der Waals surface area contributed by atoms with Crippen molar-refractivity contribution in [3.8, 4) is 0 Å². The van der Waals surface area contributed by atoms with E-state index >= 15 is 0 Å². The highest BCUT2D eigenvalue weighted by molar-refractivity contribution is 5.80. The minimum absolute atomic E-state index is 0.119. The fourth-order valence-electron chi connectivity index (χ4n) is 1.77. The molecular weight excluding hydrogens is 246 g/mol. The normalized spacial score (nSPS) is 10.9. The number of rotatable bonds is 8. The quantitative estimate of drug-likeness (QED) is 0.721. The maximum Gasteiger partial charge on any atom is 0.323 e. The third-order valence-corrected chi connectivity index (χ3v) is 2.86. The van der Waals surface area contributed by atoms with Crippen LogP contribution in [0.3, 0.4) is 0 Å². The standard InChI is InChI=1S/C13H27N3O3/c1-6-15(9-7-8-14(4)5)13(19)16(11(2)3)10-12(17)18/h11H,6-10H2,1-5H3,(H,17,18). The van der Waals surface area contributed by atoms with Crippen LogP contribution in [-0.2, 0) is 4.79 Å². The van der Waals surface area contributed by atoms with Crippen LogP contribution < -0.4 is 0 Å². The largest absolute Gasteiger partial charge is 0.480 e. The minimum atomic E-state index is -0.980. The van der Waals surface area contributed by atoms with Crippen LogP contribution >= 0.6 is 0 Å². The molecule has 0 spiro atoms. The molecule has 0 aromatic carbocycles. The van der Waals surface area contributed by atoms with E-state index in [2.05, 4.69) is 4.90 Å². The van der Waals surface area contributed by atoms with Crippen LogP contribution in [0.15, 0.2) is 0 Å². The second-order valence-electron chi connectivity index (χ2n) is 5.13. The summed E-state index contributed by atoms with van der Waals surface area (Å²) in [5.74, 6) is -0.980. The number of hydrogen-bond acceptors (Lipinski definition) is 3. The Bertz CT molecular complexity index is 293. The number of carbonyl (C=O) groups excluding carboxylic acids is 1. The van der Waals surface area contributed by atoms with Crippen molar-refractivity contribution in [2.75, 3.05) is 40.3 Å². The molecule has 0 bridgehead atoms. The Morgan fingerprint density at radius 2 is 1.74 bits per heavy atom. The Hall–Kier alpha value is -1.30. The Morgan fingerprint density at radius 3 is 2.11 bits per heavy atom. The SMILES string of the molecule is CCN(CCCN(C)C)C(=O)N(CC(=O)O)C(C)C. The Balaban J connectivity index is 4.55. The average Bonchev–Trinajstić information content (AvgIpc) is 2.30. The highest BCUT2D eigenvalue weighted by atomic mass is 16.4. The zero-order valence-corrected chi connectivity index (χ0v) is 12.7. The van der Waals surface area contributed by atoms with Gasteiger partial charge in [0, 0.05) is 19.1 Å². The first-order valence-electron chi connectivity index (χ1n) is 6.71. The number of hydrogen-bond donors (Lipinski definition) is 1. The third-order valence-electron chi connectivity index (χ3n) is 2.86. The van der Waals surface area contributed by atoms with Crippen molar-refractivity contribution in [2.24, 2.45) is 0 Å². The average molecular weight is 273 g/mol. The molecule has 19 heavy (non-hydrogen) atoms. The van der Waals surface area contributed by atoms with Gasteiger partial charge in [-0.3, -0.25) is 4.79 Å². The lowest BCUT2D eigenvalue weighted by atomic mass is 10.3. The molecule has 0 aromatic rings. The molecule has 0 aliphatic rings. The lowest BCUT2D eigenvalue weighted by Crippen LogP contribution is -2.49. The van der Waals surface area contributed by atoms with Crippen molar-refractivity contribution in [2.45, 2.75) is 33.2 Å². The van der Waals surface area contributed by atoms with E-state index in [-0.39, 0.29) is 18.6 Å². The lowest BCUT2D eigenvalue weighted by Gasteiger charge is -2.31. The molecule has 0 aromatic heterocycles. The van der Waals surface area contributed by atoms with Crippen molar-refractivity contribution < 1.29 is 14.7 Å². The molecular formula is C13H27N3O3. The predicted octanol–water partition coefficient (Wildman–Crippen LogP) is 1.18. The van der Waals surface area contributed by atoms with E-state index in [0.717, 1.165) is 13.0 Å². The van der Waals surface area contributed by atoms with Crippen LogP contribution in [0.4, 0.5) is 4.79 Å². The van der Waals surface area contributed by atoms with Gasteiger partial charge in [-0.05, 0) is 47.8 Å². The maximum absolute atomic E-state index is 12.3. The van der Waals surface area contributed by atoms with Crippen LogP contribution in [-0.4, -0.2) is 78.1 Å². The van der Waals surface area contributed by atoms with Crippen LogP contribution in [0.25, 0.3) is 0 Å². The fraction of sp³-hybridized carbons (Fsp3) is 0.846. The Morgan fingerprint density at radius 1 is 1.16 bits per heavy atom. The summed E-state index contributed by atoms with van der Waals surface area (Å²) < 4.78 is 0. The Labute approximate surface area is 116 Å². The highest BCUT2D eigenvalue weighted by Crippen LogP contribution is 2.05. The molecule has 0 radical (unpaired) electrons. The van der Waals surface area contributed by atoms with E-state index in [1.165, 1.54) is 4.90 Å². The predicted molar refractivity (Wildman–Crippen MR) is 75.3 cm³/mol. The van der Waals surface area contributed by atoms with Gasteiger partial charge in [-0.1, -0.05) is 0 Å². The summed E-state index contributed by atoms with van der Waals surface area (Å²) >= 11 is 0. The van der Waals surface area contributed by atoms with Gasteiger partial charge in [0.2, 0.25) is 0 Å². The fourth-order valence-corrected chi connectivity index (χ4v) is 1.77. The van der Waals surface area contributed by atoms with Gasteiger partial charge in [0.15, 0.2) is 0 Å². The summed E-state index contributed by atoms with van der Waals surface area (Å²) in [6.45, 7) is 7.46. The van der Waals surface area contributed by atoms with Crippen LogP contribution in [0.2, 0.25) is 0 Å². The van der Waals surface area contributed by atoms with E-state index in [1.807, 2.05) is 34.9 Å². The van der Waals surface area contributed by atoms with Gasteiger partial charge < -0.3 is 19.8 Å². The molecule has 6 heteroatoms. The zero-order chi connectivity index (χ0) is 15.0. The van der Waals surface area contributed by atoms with Gasteiger partial charge in [0.1, 0.15) is 6.54 Å². The van der Waals surface area contributed by atoms with Gasteiger partial charge in [0.05, 0.1) is 0 Å². The minimum Gasteiger partial charge on any atom is -0.480 e. The second kappa shape index (κ2) is 8.74.